The SMILES string of the molecule is O=C(O)C(C/C=C/c1ccccc1)Sc1ccccc1. The van der Waals surface area contributed by atoms with Gasteiger partial charge in [-0.05, 0) is 24.1 Å². The standard InChI is InChI=1S/C17H16O2S/c18-17(19)16(20-15-11-5-2-6-12-15)13-7-10-14-8-3-1-4-9-14/h1-12,16H,13H2,(H,18,19)/b10-7+. The first-order valence-electron chi connectivity index (χ1n) is 6.42. The molecule has 2 rings (SSSR count). The van der Waals surface area contributed by atoms with E-state index in [-0.39, 0.29) is 0 Å². The highest BCUT2D eigenvalue weighted by molar-refractivity contribution is 8.00. The second kappa shape index (κ2) is 7.56. The molecule has 0 amide bonds. The summed E-state index contributed by atoms with van der Waals surface area (Å²) in [6, 6.07) is 19.5. The monoisotopic (exact) mass is 284 g/mol. The quantitative estimate of drug-likeness (QED) is 0.802. The van der Waals surface area contributed by atoms with E-state index < -0.39 is 11.2 Å². The van der Waals surface area contributed by atoms with Gasteiger partial charge in [0.15, 0.2) is 0 Å². The Morgan fingerprint density at radius 3 is 2.25 bits per heavy atom. The Morgan fingerprint density at radius 1 is 1.05 bits per heavy atom. The lowest BCUT2D eigenvalue weighted by atomic mass is 10.2. The molecule has 0 radical (unpaired) electrons. The number of aliphatic carboxylic acids is 1. The maximum absolute atomic E-state index is 11.3. The Balaban J connectivity index is 1.96. The average molecular weight is 284 g/mol. The third-order valence-electron chi connectivity index (χ3n) is 2.76. The van der Waals surface area contributed by atoms with Gasteiger partial charge in [0.1, 0.15) is 5.25 Å². The highest BCUT2D eigenvalue weighted by atomic mass is 32.2. The first-order chi connectivity index (χ1) is 9.75. The van der Waals surface area contributed by atoms with Crippen LogP contribution in [0.1, 0.15) is 12.0 Å². The van der Waals surface area contributed by atoms with Gasteiger partial charge in [0.05, 0.1) is 0 Å². The lowest BCUT2D eigenvalue weighted by Gasteiger charge is -2.09. The molecule has 0 bridgehead atoms. The molecule has 102 valence electrons. The van der Waals surface area contributed by atoms with Gasteiger partial charge in [-0.3, -0.25) is 4.79 Å². The van der Waals surface area contributed by atoms with Gasteiger partial charge < -0.3 is 5.11 Å². The first kappa shape index (κ1) is 14.4. The van der Waals surface area contributed by atoms with E-state index in [9.17, 15) is 9.90 Å². The van der Waals surface area contributed by atoms with Crippen LogP contribution in [0.2, 0.25) is 0 Å². The summed E-state index contributed by atoms with van der Waals surface area (Å²) in [6.45, 7) is 0. The van der Waals surface area contributed by atoms with Gasteiger partial charge in [-0.15, -0.1) is 11.8 Å². The number of rotatable bonds is 6. The molecule has 1 unspecified atom stereocenters. The molecule has 20 heavy (non-hydrogen) atoms. The number of hydrogen-bond donors (Lipinski definition) is 1. The van der Waals surface area contributed by atoms with Crippen molar-refractivity contribution in [3.63, 3.8) is 0 Å². The van der Waals surface area contributed by atoms with Crippen molar-refractivity contribution in [3.05, 3.63) is 72.3 Å². The van der Waals surface area contributed by atoms with Gasteiger partial charge in [-0.1, -0.05) is 60.7 Å². The van der Waals surface area contributed by atoms with Crippen molar-refractivity contribution in [2.24, 2.45) is 0 Å². The molecular formula is C17H16O2S. The van der Waals surface area contributed by atoms with E-state index in [0.717, 1.165) is 10.5 Å². The lowest BCUT2D eigenvalue weighted by molar-refractivity contribution is -0.136. The molecule has 2 aromatic rings. The Morgan fingerprint density at radius 2 is 1.65 bits per heavy atom. The maximum atomic E-state index is 11.3. The van der Waals surface area contributed by atoms with Crippen molar-refractivity contribution >= 4 is 23.8 Å². The van der Waals surface area contributed by atoms with Crippen LogP contribution in [0.15, 0.2) is 71.6 Å². The Bertz CT molecular complexity index is 564. The zero-order chi connectivity index (χ0) is 14.2. The fourth-order valence-corrected chi connectivity index (χ4v) is 2.71. The van der Waals surface area contributed by atoms with Crippen LogP contribution in [0.3, 0.4) is 0 Å². The van der Waals surface area contributed by atoms with Crippen molar-refractivity contribution in [1.29, 1.82) is 0 Å². The van der Waals surface area contributed by atoms with E-state index >= 15 is 0 Å². The molecule has 0 aliphatic heterocycles. The Hall–Kier alpha value is -2.00. The topological polar surface area (TPSA) is 37.3 Å². The zero-order valence-electron chi connectivity index (χ0n) is 11.0. The van der Waals surface area contributed by atoms with Crippen molar-refractivity contribution in [1.82, 2.24) is 0 Å². The zero-order valence-corrected chi connectivity index (χ0v) is 11.8. The summed E-state index contributed by atoms with van der Waals surface area (Å²) in [7, 11) is 0. The molecule has 0 heterocycles. The van der Waals surface area contributed by atoms with E-state index in [1.165, 1.54) is 11.8 Å². The van der Waals surface area contributed by atoms with Gasteiger partial charge in [0.2, 0.25) is 0 Å². The predicted octanol–water partition coefficient (Wildman–Crippen LogP) is 4.34. The molecule has 0 aliphatic rings. The number of hydrogen-bond acceptors (Lipinski definition) is 2. The van der Waals surface area contributed by atoms with Crippen LogP contribution in [0.4, 0.5) is 0 Å². The summed E-state index contributed by atoms with van der Waals surface area (Å²) in [5, 5.41) is 8.82. The highest BCUT2D eigenvalue weighted by Gasteiger charge is 2.16. The molecule has 2 aromatic carbocycles. The fraction of sp³-hybridized carbons (Fsp3) is 0.118. The molecular weight excluding hydrogens is 268 g/mol. The van der Waals surface area contributed by atoms with Crippen LogP contribution >= 0.6 is 11.8 Å². The van der Waals surface area contributed by atoms with Crippen LogP contribution in [0, 0.1) is 0 Å². The van der Waals surface area contributed by atoms with E-state index in [1.54, 1.807) is 0 Å². The number of thioether (sulfide) groups is 1. The molecule has 2 nitrogen and oxygen atoms in total. The Kier molecular flexibility index (Phi) is 5.44. The van der Waals surface area contributed by atoms with E-state index in [4.69, 9.17) is 0 Å². The molecule has 3 heteroatoms. The number of carbonyl (C=O) groups is 1. The summed E-state index contributed by atoms with van der Waals surface area (Å²) >= 11 is 1.38. The van der Waals surface area contributed by atoms with E-state index in [2.05, 4.69) is 0 Å². The third kappa shape index (κ3) is 4.59. The summed E-state index contributed by atoms with van der Waals surface area (Å²) in [5.41, 5.74) is 1.08. The van der Waals surface area contributed by atoms with Gasteiger partial charge >= 0.3 is 5.97 Å². The van der Waals surface area contributed by atoms with Gasteiger partial charge in [-0.2, -0.15) is 0 Å². The molecule has 0 aliphatic carbocycles. The number of benzene rings is 2. The van der Waals surface area contributed by atoms with Crippen LogP contribution in [-0.4, -0.2) is 16.3 Å². The maximum Gasteiger partial charge on any atom is 0.317 e. The van der Waals surface area contributed by atoms with Gasteiger partial charge in [-0.25, -0.2) is 0 Å². The second-order valence-electron chi connectivity index (χ2n) is 4.31. The van der Waals surface area contributed by atoms with Crippen LogP contribution in [0.25, 0.3) is 6.08 Å². The predicted molar refractivity (Wildman–Crippen MR) is 83.8 cm³/mol. The largest absolute Gasteiger partial charge is 0.480 e. The van der Waals surface area contributed by atoms with Crippen LogP contribution in [-0.2, 0) is 4.79 Å². The molecule has 0 spiro atoms. The second-order valence-corrected chi connectivity index (χ2v) is 5.58. The molecule has 1 atom stereocenters. The van der Waals surface area contributed by atoms with Crippen molar-refractivity contribution < 1.29 is 9.90 Å². The summed E-state index contributed by atoms with van der Waals surface area (Å²) in [4.78, 5) is 12.3. The molecule has 0 saturated heterocycles. The summed E-state index contributed by atoms with van der Waals surface area (Å²) < 4.78 is 0. The summed E-state index contributed by atoms with van der Waals surface area (Å²) in [6.07, 6.45) is 4.38. The third-order valence-corrected chi connectivity index (χ3v) is 3.98. The van der Waals surface area contributed by atoms with Crippen molar-refractivity contribution in [3.8, 4) is 0 Å². The van der Waals surface area contributed by atoms with Crippen molar-refractivity contribution in [2.45, 2.75) is 16.6 Å². The molecule has 1 N–H and O–H groups in total. The average Bonchev–Trinajstić information content (AvgIpc) is 2.48. The Labute approximate surface area is 123 Å². The van der Waals surface area contributed by atoms with Gasteiger partial charge in [0.25, 0.3) is 0 Å². The van der Waals surface area contributed by atoms with Crippen molar-refractivity contribution in [2.75, 3.05) is 0 Å². The highest BCUT2D eigenvalue weighted by Crippen LogP contribution is 2.25. The number of allylic oxidation sites excluding steroid dienone is 1. The molecule has 0 aromatic heterocycles. The van der Waals surface area contributed by atoms with Crippen LogP contribution in [0.5, 0.6) is 0 Å². The number of carboxylic acids is 1. The lowest BCUT2D eigenvalue weighted by Crippen LogP contribution is -2.15. The fourth-order valence-electron chi connectivity index (χ4n) is 1.75. The normalized spacial score (nSPS) is 12.4. The molecule has 0 saturated carbocycles. The van der Waals surface area contributed by atoms with E-state index in [1.807, 2.05) is 72.8 Å². The number of carboxylic acid groups (broad SMARTS) is 1. The first-order valence-corrected chi connectivity index (χ1v) is 7.30. The minimum Gasteiger partial charge on any atom is -0.480 e. The minimum absolute atomic E-state index is 0.461. The van der Waals surface area contributed by atoms with E-state index in [0.29, 0.717) is 6.42 Å². The smallest absolute Gasteiger partial charge is 0.317 e. The van der Waals surface area contributed by atoms with Gasteiger partial charge in [0, 0.05) is 4.90 Å². The van der Waals surface area contributed by atoms with Crippen LogP contribution < -0.4 is 0 Å². The minimum atomic E-state index is -0.781. The molecule has 0 fully saturated rings. The summed E-state index contributed by atoms with van der Waals surface area (Å²) in [5.74, 6) is -0.781.